The van der Waals surface area contributed by atoms with Gasteiger partial charge in [-0.15, -0.1) is 0 Å². The van der Waals surface area contributed by atoms with Crippen LogP contribution >= 0.6 is 0 Å². The molecule has 0 spiro atoms. The summed E-state index contributed by atoms with van der Waals surface area (Å²) in [4.78, 5) is 17.4. The number of carbonyl (C=O) groups is 1. The third kappa shape index (κ3) is 5.60. The molecule has 0 unspecified atom stereocenters. The van der Waals surface area contributed by atoms with Gasteiger partial charge in [0.25, 0.3) is 5.91 Å². The number of hydrogen-bond donors (Lipinski definition) is 0. The van der Waals surface area contributed by atoms with E-state index in [4.69, 9.17) is 0 Å². The highest BCUT2D eigenvalue weighted by molar-refractivity contribution is 5.94. The van der Waals surface area contributed by atoms with Crippen molar-refractivity contribution in [1.29, 1.82) is 0 Å². The molecule has 1 aliphatic carbocycles. The average molecular weight is 459 g/mol. The van der Waals surface area contributed by atoms with Gasteiger partial charge in [0.1, 0.15) is 0 Å². The minimum atomic E-state index is -4.46. The Morgan fingerprint density at radius 2 is 1.73 bits per heavy atom. The van der Waals surface area contributed by atoms with E-state index >= 15 is 0 Å². The van der Waals surface area contributed by atoms with Crippen molar-refractivity contribution in [2.75, 3.05) is 26.7 Å². The minimum absolute atomic E-state index is 0.105. The van der Waals surface area contributed by atoms with Gasteiger partial charge in [0.05, 0.1) is 5.56 Å². The fraction of sp³-hybridized carbons (Fsp3) is 0.519. The number of hydrogen-bond acceptors (Lipinski definition) is 2. The summed E-state index contributed by atoms with van der Waals surface area (Å²) in [5.41, 5.74) is 1.71. The summed E-state index contributed by atoms with van der Waals surface area (Å²) in [7, 11) is 2.18. The van der Waals surface area contributed by atoms with Gasteiger partial charge in [-0.3, -0.25) is 4.79 Å². The Morgan fingerprint density at radius 1 is 1.03 bits per heavy atom. The van der Waals surface area contributed by atoms with Crippen molar-refractivity contribution >= 4 is 5.91 Å². The smallest absolute Gasteiger partial charge is 0.338 e. The minimum Gasteiger partial charge on any atom is -0.338 e. The third-order valence-corrected chi connectivity index (χ3v) is 7.39. The molecule has 0 N–H and O–H groups in total. The summed E-state index contributed by atoms with van der Waals surface area (Å²) < 4.78 is 39.5. The Kier molecular flexibility index (Phi) is 7.13. The molecule has 6 heteroatoms. The summed E-state index contributed by atoms with van der Waals surface area (Å²) >= 11 is 0. The lowest BCUT2D eigenvalue weighted by atomic mass is 9.87. The van der Waals surface area contributed by atoms with Crippen LogP contribution in [-0.4, -0.2) is 48.4 Å². The maximum Gasteiger partial charge on any atom is 0.416 e. The van der Waals surface area contributed by atoms with Crippen LogP contribution in [0.5, 0.6) is 0 Å². The van der Waals surface area contributed by atoms with E-state index in [1.807, 2.05) is 0 Å². The monoisotopic (exact) mass is 458 g/mol. The van der Waals surface area contributed by atoms with Gasteiger partial charge >= 0.3 is 6.18 Å². The Morgan fingerprint density at radius 3 is 2.39 bits per heavy atom. The van der Waals surface area contributed by atoms with Gasteiger partial charge in [-0.1, -0.05) is 55.2 Å². The fourth-order valence-corrected chi connectivity index (χ4v) is 5.47. The topological polar surface area (TPSA) is 23.6 Å². The lowest BCUT2D eigenvalue weighted by Crippen LogP contribution is -2.39. The lowest BCUT2D eigenvalue weighted by molar-refractivity contribution is -0.137. The number of rotatable bonds is 5. The van der Waals surface area contributed by atoms with E-state index in [-0.39, 0.29) is 23.3 Å². The van der Waals surface area contributed by atoms with Gasteiger partial charge < -0.3 is 9.80 Å². The molecular weight excluding hydrogens is 425 g/mol. The van der Waals surface area contributed by atoms with Crippen molar-refractivity contribution in [2.45, 2.75) is 57.2 Å². The second-order valence-electron chi connectivity index (χ2n) is 9.80. The molecule has 0 aromatic heterocycles. The number of nitrogens with zero attached hydrogens (tertiary/aromatic N) is 2. The van der Waals surface area contributed by atoms with Crippen molar-refractivity contribution in [2.24, 2.45) is 5.92 Å². The molecule has 3 nitrogen and oxygen atoms in total. The molecule has 1 saturated heterocycles. The van der Waals surface area contributed by atoms with Crippen LogP contribution in [0.4, 0.5) is 13.2 Å². The predicted molar refractivity (Wildman–Crippen MR) is 124 cm³/mol. The molecule has 2 aromatic carbocycles. The number of amides is 1. The normalized spacial score (nSPS) is 22.2. The predicted octanol–water partition coefficient (Wildman–Crippen LogP) is 6.13. The molecule has 1 heterocycles. The second kappa shape index (κ2) is 9.88. The number of alkyl halides is 3. The summed E-state index contributed by atoms with van der Waals surface area (Å²) in [5, 5.41) is 0. The Balaban J connectivity index is 1.55. The van der Waals surface area contributed by atoms with Crippen LogP contribution in [0.1, 0.15) is 65.1 Å². The average Bonchev–Trinajstić information content (AvgIpc) is 3.23. The van der Waals surface area contributed by atoms with E-state index < -0.39 is 11.7 Å². The first-order chi connectivity index (χ1) is 15.7. The first-order valence-corrected chi connectivity index (χ1v) is 12.0. The van der Waals surface area contributed by atoms with Crippen LogP contribution in [0.3, 0.4) is 0 Å². The molecular formula is C27H33F3N2O. The maximum atomic E-state index is 13.2. The van der Waals surface area contributed by atoms with Gasteiger partial charge in [0.2, 0.25) is 0 Å². The molecule has 2 aromatic rings. The van der Waals surface area contributed by atoms with E-state index in [9.17, 15) is 18.0 Å². The van der Waals surface area contributed by atoms with Gasteiger partial charge in [-0.2, -0.15) is 13.2 Å². The molecule has 2 aliphatic rings. The van der Waals surface area contributed by atoms with E-state index in [0.29, 0.717) is 19.1 Å². The van der Waals surface area contributed by atoms with Crippen LogP contribution in [0.2, 0.25) is 0 Å². The molecule has 2 fully saturated rings. The highest BCUT2D eigenvalue weighted by atomic mass is 19.4. The summed E-state index contributed by atoms with van der Waals surface area (Å²) in [6.07, 6.45) is 1.80. The fourth-order valence-electron chi connectivity index (χ4n) is 5.47. The van der Waals surface area contributed by atoms with Gasteiger partial charge in [-0.25, -0.2) is 0 Å². The SMILES string of the molecule is Cc1ccc([C@H]2CN(C(=O)c3cccc(C(F)(F)F)c3)C[C@H]2CN(C)C2CCCCC2)cc1. The Labute approximate surface area is 194 Å². The van der Waals surface area contributed by atoms with Crippen molar-refractivity contribution in [3.8, 4) is 0 Å². The van der Waals surface area contributed by atoms with Crippen molar-refractivity contribution in [3.05, 3.63) is 70.8 Å². The third-order valence-electron chi connectivity index (χ3n) is 7.39. The van der Waals surface area contributed by atoms with E-state index in [2.05, 4.69) is 43.1 Å². The van der Waals surface area contributed by atoms with Gasteiger partial charge in [-0.05, 0) is 56.5 Å². The van der Waals surface area contributed by atoms with E-state index in [1.165, 1.54) is 55.4 Å². The number of likely N-dealkylation sites (tertiary alicyclic amines) is 1. The highest BCUT2D eigenvalue weighted by Gasteiger charge is 2.38. The van der Waals surface area contributed by atoms with Crippen LogP contribution in [0, 0.1) is 12.8 Å². The molecule has 0 bridgehead atoms. The standard InChI is InChI=1S/C27H33F3N2O/c1-19-11-13-20(14-12-19)25-18-32(17-22(25)16-31(2)24-9-4-3-5-10-24)26(33)21-7-6-8-23(15-21)27(28,29)30/h6-8,11-15,22,24-25H,3-5,9-10,16-18H2,1-2H3/t22-,25-/m1/s1. The zero-order valence-electron chi connectivity index (χ0n) is 19.4. The van der Waals surface area contributed by atoms with Crippen LogP contribution < -0.4 is 0 Å². The zero-order chi connectivity index (χ0) is 23.6. The maximum absolute atomic E-state index is 13.2. The number of halogens is 3. The Bertz CT molecular complexity index is 951. The van der Waals surface area contributed by atoms with Crippen molar-refractivity contribution < 1.29 is 18.0 Å². The van der Waals surface area contributed by atoms with Crippen molar-refractivity contribution in [3.63, 3.8) is 0 Å². The summed E-state index contributed by atoms with van der Waals surface area (Å²) in [6, 6.07) is 13.8. The van der Waals surface area contributed by atoms with Crippen molar-refractivity contribution in [1.82, 2.24) is 9.80 Å². The second-order valence-corrected chi connectivity index (χ2v) is 9.80. The summed E-state index contributed by atoms with van der Waals surface area (Å²) in [5.74, 6) is 0.0989. The van der Waals surface area contributed by atoms with Crippen LogP contribution in [0.25, 0.3) is 0 Å². The Hall–Kier alpha value is -2.34. The number of aryl methyl sites for hydroxylation is 1. The highest BCUT2D eigenvalue weighted by Crippen LogP contribution is 2.36. The molecule has 1 amide bonds. The summed E-state index contributed by atoms with van der Waals surface area (Å²) in [6.45, 7) is 4.03. The van der Waals surface area contributed by atoms with E-state index in [1.54, 1.807) is 4.90 Å². The zero-order valence-corrected chi connectivity index (χ0v) is 19.4. The molecule has 1 saturated carbocycles. The molecule has 2 atom stereocenters. The quantitative estimate of drug-likeness (QED) is 0.538. The van der Waals surface area contributed by atoms with Crippen LogP contribution in [0.15, 0.2) is 48.5 Å². The van der Waals surface area contributed by atoms with Gasteiger partial charge in [0.15, 0.2) is 0 Å². The van der Waals surface area contributed by atoms with E-state index in [0.717, 1.165) is 18.7 Å². The number of carbonyl (C=O) groups excluding carboxylic acids is 1. The first-order valence-electron chi connectivity index (χ1n) is 12.0. The van der Waals surface area contributed by atoms with Gasteiger partial charge in [0, 0.05) is 37.2 Å². The largest absolute Gasteiger partial charge is 0.416 e. The lowest BCUT2D eigenvalue weighted by Gasteiger charge is -2.34. The first kappa shape index (κ1) is 23.8. The molecule has 4 rings (SSSR count). The van der Waals surface area contributed by atoms with Crippen LogP contribution in [-0.2, 0) is 6.18 Å². The molecule has 33 heavy (non-hydrogen) atoms. The number of benzene rings is 2. The molecule has 0 radical (unpaired) electrons. The molecule has 178 valence electrons. The molecule has 1 aliphatic heterocycles.